The van der Waals surface area contributed by atoms with E-state index in [1.54, 1.807) is 18.2 Å². The molecule has 4 aromatic rings. The molecule has 1 amide bonds. The standard InChI is InChI=1S/C47H37Cl2N3O7.CO2/c1-5-50-35-20-39-31(15-23(35)3)42(32-16-24(4)36(51-6-2)21-40(32)59-39)44-43(47(56)57)34(48)19-33(45(44)49)46(55)52-22-25-7-9-26(10-8-25)41-29-13-11-27(53)17-37(29)58-38-18-28(54)12-14-30(38)41;2-1-3/h7-21,50,53H,5-6,22H2,1-4H3,(H,52,55)(H,56,57);/p+1. The van der Waals surface area contributed by atoms with Crippen molar-refractivity contribution in [3.05, 3.63) is 144 Å². The molecule has 0 aromatic heterocycles. The van der Waals surface area contributed by atoms with E-state index in [1.807, 2.05) is 76.2 Å². The van der Waals surface area contributed by atoms with E-state index in [9.17, 15) is 24.6 Å². The topological polar surface area (TPSA) is 190 Å². The molecular weight excluding hydrogens is 833 g/mol. The van der Waals surface area contributed by atoms with Gasteiger partial charge in [-0.15, -0.1) is 0 Å². The molecule has 0 radical (unpaired) electrons. The number of phenols is 1. The number of anilines is 1. The molecule has 0 bridgehead atoms. The van der Waals surface area contributed by atoms with Crippen LogP contribution in [-0.2, 0) is 16.1 Å². The zero-order chi connectivity index (χ0) is 44.4. The molecule has 4 aliphatic rings. The maximum absolute atomic E-state index is 14.1. The van der Waals surface area contributed by atoms with Crippen LogP contribution in [0.5, 0.6) is 5.75 Å². The number of fused-ring (bicyclic) bond motifs is 4. The van der Waals surface area contributed by atoms with Gasteiger partial charge in [-0.2, -0.15) is 9.59 Å². The first-order chi connectivity index (χ1) is 29.8. The molecule has 2 aliphatic carbocycles. The van der Waals surface area contributed by atoms with Crippen molar-refractivity contribution < 1.29 is 43.2 Å². The van der Waals surface area contributed by atoms with Gasteiger partial charge in [-0.25, -0.2) is 9.79 Å². The largest absolute Gasteiger partial charge is 0.508 e. The molecule has 2 aliphatic heterocycles. The van der Waals surface area contributed by atoms with Crippen LogP contribution in [0.2, 0.25) is 10.0 Å². The highest BCUT2D eigenvalue weighted by atomic mass is 35.5. The van der Waals surface area contributed by atoms with E-state index in [2.05, 4.69) is 15.6 Å². The molecule has 5 N–H and O–H groups in total. The smallest absolute Gasteiger partial charge is 0.373 e. The fraction of sp³-hybridized carbons (Fsp3) is 0.146. The van der Waals surface area contributed by atoms with Gasteiger partial charge in [0.2, 0.25) is 5.36 Å². The molecule has 0 atom stereocenters. The Balaban J connectivity index is 0.00000187. The van der Waals surface area contributed by atoms with Gasteiger partial charge in [-0.05, 0) is 86.8 Å². The summed E-state index contributed by atoms with van der Waals surface area (Å²) in [7, 11) is 0. The van der Waals surface area contributed by atoms with Crippen LogP contribution in [0, 0.1) is 13.8 Å². The second kappa shape index (κ2) is 17.8. The molecule has 0 spiro atoms. The Morgan fingerprint density at radius 2 is 1.47 bits per heavy atom. The number of carboxylic acid groups (broad SMARTS) is 1. The summed E-state index contributed by atoms with van der Waals surface area (Å²) in [5, 5.41) is 29.0. The van der Waals surface area contributed by atoms with Crippen LogP contribution in [-0.4, -0.2) is 41.3 Å². The maximum atomic E-state index is 14.1. The number of aromatic hydroxyl groups is 1. The molecule has 2 heterocycles. The van der Waals surface area contributed by atoms with E-state index in [4.69, 9.17) is 41.6 Å². The third kappa shape index (κ3) is 8.14. The van der Waals surface area contributed by atoms with Crippen molar-refractivity contribution in [3.63, 3.8) is 0 Å². The lowest BCUT2D eigenvalue weighted by Gasteiger charge is -2.21. The second-order valence-corrected chi connectivity index (χ2v) is 15.2. The van der Waals surface area contributed by atoms with Crippen molar-refractivity contribution in [2.75, 3.05) is 18.4 Å². The lowest BCUT2D eigenvalue weighted by Crippen LogP contribution is -2.76. The number of carbonyl (C=O) groups is 2. The monoisotopic (exact) mass is 870 g/mol. The molecule has 0 saturated heterocycles. The molecule has 62 heavy (non-hydrogen) atoms. The molecule has 12 nitrogen and oxygen atoms in total. The molecule has 4 aromatic carbocycles. The van der Waals surface area contributed by atoms with Crippen LogP contribution < -0.4 is 26.4 Å². The van der Waals surface area contributed by atoms with Gasteiger partial charge in [-0.1, -0.05) is 47.5 Å². The highest BCUT2D eigenvalue weighted by Gasteiger charge is 2.30. The second-order valence-electron chi connectivity index (χ2n) is 14.4. The Kier molecular flexibility index (Phi) is 12.3. The van der Waals surface area contributed by atoms with E-state index in [0.29, 0.717) is 52.3 Å². The molecule has 14 heteroatoms. The molecule has 0 unspecified atom stereocenters. The van der Waals surface area contributed by atoms with Crippen molar-refractivity contribution in [2.45, 2.75) is 34.2 Å². The first-order valence-corrected chi connectivity index (χ1v) is 20.2. The van der Waals surface area contributed by atoms with E-state index in [1.165, 1.54) is 24.3 Å². The Morgan fingerprint density at radius 3 is 2.15 bits per heavy atom. The zero-order valence-electron chi connectivity index (χ0n) is 33.8. The van der Waals surface area contributed by atoms with Crippen molar-refractivity contribution in [1.29, 1.82) is 0 Å². The number of aryl methyl sites for hydroxylation is 2. The number of carbonyl (C=O) groups excluding carboxylic acids is 3. The summed E-state index contributed by atoms with van der Waals surface area (Å²) in [6, 6.07) is 25.9. The summed E-state index contributed by atoms with van der Waals surface area (Å²) in [4.78, 5) is 58.9. The normalized spacial score (nSPS) is 11.4. The van der Waals surface area contributed by atoms with Crippen molar-refractivity contribution in [2.24, 2.45) is 0 Å². The van der Waals surface area contributed by atoms with E-state index >= 15 is 0 Å². The Hall–Kier alpha value is -7.24. The lowest BCUT2D eigenvalue weighted by molar-refractivity contribution is -0.496. The third-order valence-corrected chi connectivity index (χ3v) is 11.1. The number of benzene rings is 6. The predicted molar refractivity (Wildman–Crippen MR) is 236 cm³/mol. The van der Waals surface area contributed by atoms with Gasteiger partial charge in [0.1, 0.15) is 35.0 Å². The number of halogens is 2. The van der Waals surface area contributed by atoms with Crippen LogP contribution in [0.25, 0.3) is 66.8 Å². The predicted octanol–water partition coefficient (Wildman–Crippen LogP) is 8.19. The lowest BCUT2D eigenvalue weighted by atomic mass is 9.88. The fourth-order valence-electron chi connectivity index (χ4n) is 7.70. The summed E-state index contributed by atoms with van der Waals surface area (Å²) < 4.78 is 12.5. The highest BCUT2D eigenvalue weighted by molar-refractivity contribution is 6.41. The van der Waals surface area contributed by atoms with E-state index < -0.39 is 11.9 Å². The SMILES string of the molecule is CCNc1cc2oc3cc(=[NH+]CC)c(C)cc-3c(-c3c(Cl)c(C(=O)NCc4ccc(-c5c6ccc(=O)cc-6oc6cc(O)ccc56)cc4)cc(Cl)c3C(=O)O)c2cc1C.O=C=O. The Labute approximate surface area is 363 Å². The van der Waals surface area contributed by atoms with Crippen LogP contribution in [0.15, 0.2) is 105 Å². The summed E-state index contributed by atoms with van der Waals surface area (Å²) in [6.07, 6.45) is 0.250. The Morgan fingerprint density at radius 1 is 0.774 bits per heavy atom. The molecule has 0 saturated carbocycles. The highest BCUT2D eigenvalue weighted by Crippen LogP contribution is 2.48. The number of nitrogens with one attached hydrogen (secondary N) is 3. The minimum absolute atomic E-state index is 0.00401. The van der Waals surface area contributed by atoms with Crippen LogP contribution in [0.4, 0.5) is 5.69 Å². The molecular formula is C48H38Cl2N3O9+. The van der Waals surface area contributed by atoms with Crippen molar-refractivity contribution in [1.82, 2.24) is 5.32 Å². The average molecular weight is 872 g/mol. The van der Waals surface area contributed by atoms with E-state index in [-0.39, 0.29) is 50.6 Å². The first kappa shape index (κ1) is 42.9. The summed E-state index contributed by atoms with van der Waals surface area (Å²) in [5.74, 6) is -0.953. The number of hydrogen-bond acceptors (Lipinski definition) is 9. The maximum Gasteiger partial charge on any atom is 0.373 e. The molecule has 8 rings (SSSR count). The number of carboxylic acids is 1. The van der Waals surface area contributed by atoms with E-state index in [0.717, 1.165) is 49.8 Å². The number of amides is 1. The van der Waals surface area contributed by atoms with Gasteiger partial charge >= 0.3 is 12.1 Å². The fourth-order valence-corrected chi connectivity index (χ4v) is 8.32. The number of hydrogen-bond donors (Lipinski definition) is 5. The van der Waals surface area contributed by atoms with Crippen molar-refractivity contribution >= 4 is 68.9 Å². The Bertz CT molecular complexity index is 3180. The first-order valence-electron chi connectivity index (χ1n) is 19.4. The number of aromatic carboxylic acids is 1. The van der Waals surface area contributed by atoms with Gasteiger partial charge in [0.25, 0.3) is 5.91 Å². The molecule has 312 valence electrons. The van der Waals surface area contributed by atoms with Gasteiger partial charge in [-0.3, -0.25) is 9.59 Å². The quantitative estimate of drug-likeness (QED) is 0.0885. The minimum Gasteiger partial charge on any atom is -0.508 e. The summed E-state index contributed by atoms with van der Waals surface area (Å²) in [6.45, 7) is 9.35. The average Bonchev–Trinajstić information content (AvgIpc) is 3.23. The van der Waals surface area contributed by atoms with Crippen molar-refractivity contribution in [3.8, 4) is 50.7 Å². The van der Waals surface area contributed by atoms with Gasteiger partial charge in [0.05, 0.1) is 27.2 Å². The van der Waals surface area contributed by atoms with Gasteiger partial charge < -0.3 is 29.7 Å². The van der Waals surface area contributed by atoms with Crippen LogP contribution in [0.3, 0.4) is 0 Å². The molecule has 0 fully saturated rings. The van der Waals surface area contributed by atoms with Gasteiger partial charge in [0, 0.05) is 81.1 Å². The van der Waals surface area contributed by atoms with Gasteiger partial charge in [0.15, 0.2) is 5.43 Å². The third-order valence-electron chi connectivity index (χ3n) is 10.4. The minimum atomic E-state index is -1.30. The summed E-state index contributed by atoms with van der Waals surface area (Å²) in [5.41, 5.74) is 7.44. The zero-order valence-corrected chi connectivity index (χ0v) is 35.3. The summed E-state index contributed by atoms with van der Waals surface area (Å²) >= 11 is 14.0. The van der Waals surface area contributed by atoms with Crippen LogP contribution >= 0.6 is 23.2 Å². The number of phenolic OH excluding ortho intramolecular Hbond substituents is 1. The number of rotatable bonds is 9. The van der Waals surface area contributed by atoms with Crippen LogP contribution in [0.1, 0.15) is 51.3 Å².